The molecule has 3 rings (SSSR count). The van der Waals surface area contributed by atoms with Crippen molar-refractivity contribution in [3.05, 3.63) is 41.6 Å². The third-order valence-electron chi connectivity index (χ3n) is 3.91. The monoisotopic (exact) mass is 433 g/mol. The fourth-order valence-corrected chi connectivity index (χ4v) is 2.96. The molecule has 0 aliphatic heterocycles. The molecular formula is C19H23N5O5S. The van der Waals surface area contributed by atoms with Crippen molar-refractivity contribution >= 4 is 16.1 Å². The van der Waals surface area contributed by atoms with Crippen LogP contribution in [0.2, 0.25) is 0 Å². The summed E-state index contributed by atoms with van der Waals surface area (Å²) < 4.78 is 32.1. The fraction of sp³-hybridized carbons (Fsp3) is 0.368. The van der Waals surface area contributed by atoms with Gasteiger partial charge in [-0.2, -0.15) is 13.4 Å². The number of nitrogens with zero attached hydrogens (tertiary/aromatic N) is 4. The van der Waals surface area contributed by atoms with Crippen molar-refractivity contribution in [2.45, 2.75) is 32.9 Å². The molecule has 2 N–H and O–H groups in total. The summed E-state index contributed by atoms with van der Waals surface area (Å²) in [6.45, 7) is 5.48. The molecule has 0 bridgehead atoms. The molecule has 0 saturated carbocycles. The van der Waals surface area contributed by atoms with Crippen LogP contribution in [0.3, 0.4) is 0 Å². The van der Waals surface area contributed by atoms with Crippen molar-refractivity contribution < 1.29 is 22.2 Å². The van der Waals surface area contributed by atoms with E-state index >= 15 is 0 Å². The molecule has 10 nitrogen and oxygen atoms in total. The predicted molar refractivity (Wildman–Crippen MR) is 110 cm³/mol. The Morgan fingerprint density at radius 2 is 1.87 bits per heavy atom. The summed E-state index contributed by atoms with van der Waals surface area (Å²) in [6.07, 6.45) is -0.150. The first kappa shape index (κ1) is 21.8. The molecule has 3 aromatic rings. The van der Waals surface area contributed by atoms with Crippen molar-refractivity contribution in [2.75, 3.05) is 18.2 Å². The highest BCUT2D eigenvalue weighted by atomic mass is 32.2. The third-order valence-corrected chi connectivity index (χ3v) is 4.48. The molecule has 0 fully saturated rings. The van der Waals surface area contributed by atoms with Crippen molar-refractivity contribution in [1.29, 1.82) is 0 Å². The molecule has 0 saturated heterocycles. The van der Waals surface area contributed by atoms with Crippen molar-refractivity contribution in [1.82, 2.24) is 20.1 Å². The lowest BCUT2D eigenvalue weighted by Gasteiger charge is -2.10. The van der Waals surface area contributed by atoms with Crippen LogP contribution in [0.4, 0.5) is 5.95 Å². The lowest BCUT2D eigenvalue weighted by Crippen LogP contribution is -2.13. The zero-order valence-electron chi connectivity index (χ0n) is 17.0. The van der Waals surface area contributed by atoms with Crippen LogP contribution in [0.25, 0.3) is 23.0 Å². The second-order valence-corrected chi connectivity index (χ2v) is 8.71. The van der Waals surface area contributed by atoms with E-state index in [1.54, 1.807) is 30.3 Å². The predicted octanol–water partition coefficient (Wildman–Crippen LogP) is 2.33. The molecule has 1 aromatic carbocycles. The first-order valence-electron chi connectivity index (χ1n) is 9.20. The van der Waals surface area contributed by atoms with Crippen LogP contribution in [-0.2, 0) is 14.3 Å². The van der Waals surface area contributed by atoms with E-state index in [1.807, 2.05) is 20.8 Å². The quantitative estimate of drug-likeness (QED) is 0.508. The zero-order chi connectivity index (χ0) is 21.9. The first-order chi connectivity index (χ1) is 14.1. The van der Waals surface area contributed by atoms with Crippen LogP contribution in [0, 0.1) is 6.92 Å². The van der Waals surface area contributed by atoms with E-state index in [0.717, 1.165) is 11.9 Å². The highest BCUT2D eigenvalue weighted by Crippen LogP contribution is 2.24. The highest BCUT2D eigenvalue weighted by Gasteiger charge is 2.16. The Balaban J connectivity index is 1.77. The zero-order valence-corrected chi connectivity index (χ0v) is 17.8. The number of hydrogen-bond donors (Lipinski definition) is 2. The number of anilines is 1. The van der Waals surface area contributed by atoms with Crippen molar-refractivity contribution in [3.8, 4) is 23.0 Å². The number of aryl methyl sites for hydroxylation is 1. The van der Waals surface area contributed by atoms with Gasteiger partial charge in [0.1, 0.15) is 11.8 Å². The van der Waals surface area contributed by atoms with Crippen LogP contribution in [-0.4, -0.2) is 52.5 Å². The first-order valence-corrected chi connectivity index (χ1v) is 11.0. The van der Waals surface area contributed by atoms with Gasteiger partial charge >= 0.3 is 0 Å². The van der Waals surface area contributed by atoms with E-state index < -0.39 is 16.2 Å². The Morgan fingerprint density at radius 3 is 2.50 bits per heavy atom. The molecule has 1 atom stereocenters. The molecule has 160 valence electrons. The summed E-state index contributed by atoms with van der Waals surface area (Å²) >= 11 is 0. The molecule has 0 radical (unpaired) electrons. The molecule has 2 aromatic heterocycles. The number of rotatable bonds is 8. The Bertz CT molecular complexity index is 1110. The molecule has 30 heavy (non-hydrogen) atoms. The highest BCUT2D eigenvalue weighted by molar-refractivity contribution is 7.85. The van der Waals surface area contributed by atoms with Crippen LogP contribution >= 0.6 is 0 Å². The minimum Gasteiger partial charge on any atom is -0.386 e. The minimum atomic E-state index is -3.62. The maximum Gasteiger partial charge on any atom is 0.277 e. The van der Waals surface area contributed by atoms with Gasteiger partial charge in [-0.25, -0.2) is 9.97 Å². The van der Waals surface area contributed by atoms with E-state index in [-0.39, 0.29) is 18.5 Å². The van der Waals surface area contributed by atoms with Gasteiger partial charge in [0.05, 0.1) is 12.9 Å². The number of hydrogen-bond acceptors (Lipinski definition) is 10. The topological polar surface area (TPSA) is 140 Å². The Hall–Kier alpha value is -2.89. The second-order valence-electron chi connectivity index (χ2n) is 7.07. The van der Waals surface area contributed by atoms with Gasteiger partial charge in [-0.05, 0) is 32.4 Å². The average molecular weight is 433 g/mol. The van der Waals surface area contributed by atoms with E-state index in [1.165, 1.54) is 0 Å². The van der Waals surface area contributed by atoms with Crippen LogP contribution in [0.1, 0.15) is 31.2 Å². The Labute approximate surface area is 174 Å². The maximum absolute atomic E-state index is 11.0. The SMILES string of the molecule is Cc1cc(-c2nc(-c3ccc(C(O)COS(C)(=O)=O)cc3)no2)nc(NC(C)C)n1. The summed E-state index contributed by atoms with van der Waals surface area (Å²) in [5, 5.41) is 17.2. The third kappa shape index (κ3) is 5.81. The van der Waals surface area contributed by atoms with Gasteiger partial charge in [0, 0.05) is 17.3 Å². The summed E-state index contributed by atoms with van der Waals surface area (Å²) in [7, 11) is -3.62. The summed E-state index contributed by atoms with van der Waals surface area (Å²) in [5.74, 6) is 1.09. The Morgan fingerprint density at radius 1 is 1.17 bits per heavy atom. The summed E-state index contributed by atoms with van der Waals surface area (Å²) in [6, 6.07) is 8.61. The van der Waals surface area contributed by atoms with Crippen LogP contribution in [0.15, 0.2) is 34.9 Å². The van der Waals surface area contributed by atoms with Gasteiger partial charge in [-0.15, -0.1) is 0 Å². The van der Waals surface area contributed by atoms with Crippen molar-refractivity contribution in [3.63, 3.8) is 0 Å². The lowest BCUT2D eigenvalue weighted by atomic mass is 10.1. The van der Waals surface area contributed by atoms with Crippen LogP contribution in [0.5, 0.6) is 0 Å². The summed E-state index contributed by atoms with van der Waals surface area (Å²) in [4.78, 5) is 13.1. The fourth-order valence-electron chi connectivity index (χ4n) is 2.58. The number of aromatic nitrogens is 4. The van der Waals surface area contributed by atoms with Gasteiger partial charge in [0.2, 0.25) is 11.8 Å². The number of nitrogens with one attached hydrogen (secondary N) is 1. The van der Waals surface area contributed by atoms with Gasteiger partial charge in [-0.1, -0.05) is 29.4 Å². The lowest BCUT2D eigenvalue weighted by molar-refractivity contribution is 0.112. The molecule has 2 heterocycles. The molecule has 1 unspecified atom stereocenters. The largest absolute Gasteiger partial charge is 0.386 e. The van der Waals surface area contributed by atoms with Gasteiger partial charge in [-0.3, -0.25) is 4.18 Å². The summed E-state index contributed by atoms with van der Waals surface area (Å²) in [5.41, 5.74) is 2.44. The van der Waals surface area contributed by atoms with E-state index in [4.69, 9.17) is 4.52 Å². The van der Waals surface area contributed by atoms with E-state index in [9.17, 15) is 13.5 Å². The number of aliphatic hydroxyl groups is 1. The van der Waals surface area contributed by atoms with E-state index in [0.29, 0.717) is 28.6 Å². The maximum atomic E-state index is 11.0. The van der Waals surface area contributed by atoms with Gasteiger partial charge in [0.25, 0.3) is 16.0 Å². The van der Waals surface area contributed by atoms with Gasteiger partial charge in [0.15, 0.2) is 0 Å². The van der Waals surface area contributed by atoms with Crippen molar-refractivity contribution in [2.24, 2.45) is 0 Å². The van der Waals surface area contributed by atoms with E-state index in [2.05, 4.69) is 29.6 Å². The normalized spacial score (nSPS) is 12.9. The average Bonchev–Trinajstić information content (AvgIpc) is 3.15. The molecule has 0 amide bonds. The smallest absolute Gasteiger partial charge is 0.277 e. The Kier molecular flexibility index (Phi) is 6.44. The van der Waals surface area contributed by atoms with Crippen LogP contribution < -0.4 is 5.32 Å². The molecule has 0 spiro atoms. The van der Waals surface area contributed by atoms with Gasteiger partial charge < -0.3 is 14.9 Å². The molecule has 11 heteroatoms. The molecule has 0 aliphatic rings. The second kappa shape index (κ2) is 8.86. The number of aliphatic hydroxyl groups excluding tert-OH is 1. The number of benzene rings is 1. The molecule has 0 aliphatic carbocycles. The molecular weight excluding hydrogens is 410 g/mol. The minimum absolute atomic E-state index is 0.176. The standard InChI is InChI=1S/C19H23N5O5S/c1-11(2)20-19-21-12(3)9-15(22-19)18-23-17(24-29-18)14-7-5-13(6-8-14)16(25)10-28-30(4,26)27/h5-9,11,16,25H,10H2,1-4H3,(H,20,21,22).